The Bertz CT molecular complexity index is 1120. The summed E-state index contributed by atoms with van der Waals surface area (Å²) in [5.74, 6) is -0.185. The number of hydrogen-bond acceptors (Lipinski definition) is 6. The van der Waals surface area contributed by atoms with Crippen molar-refractivity contribution in [3.8, 4) is 0 Å². The maximum Gasteiger partial charge on any atom is 0.263 e. The van der Waals surface area contributed by atoms with Gasteiger partial charge in [-0.1, -0.05) is 18.2 Å². The lowest BCUT2D eigenvalue weighted by Crippen LogP contribution is -2.12. The topological polar surface area (TPSA) is 100 Å². The summed E-state index contributed by atoms with van der Waals surface area (Å²) >= 11 is 1.21. The molecule has 0 bridgehead atoms. The van der Waals surface area contributed by atoms with E-state index in [1.54, 1.807) is 23.7 Å². The summed E-state index contributed by atoms with van der Waals surface area (Å²) in [5, 5.41) is 7.83. The smallest absolute Gasteiger partial charge is 0.263 e. The first-order valence-electron chi connectivity index (χ1n) is 7.93. The molecule has 3 aromatic rings. The third-order valence-corrected chi connectivity index (χ3v) is 6.08. The van der Waals surface area contributed by atoms with E-state index in [1.165, 1.54) is 29.7 Å². The number of aromatic nitrogens is 1. The average molecular weight is 398 g/mol. The molecule has 2 aromatic carbocycles. The number of amides is 1. The lowest BCUT2D eigenvalue weighted by Gasteiger charge is -2.07. The summed E-state index contributed by atoms with van der Waals surface area (Å²) in [4.78, 5) is 16.1. The second kappa shape index (κ2) is 6.86. The van der Waals surface area contributed by atoms with Crippen LogP contribution in [0.2, 0.25) is 0 Å². The molecule has 1 aliphatic heterocycles. The zero-order valence-corrected chi connectivity index (χ0v) is 15.5. The molecule has 0 spiro atoms. The normalized spacial score (nSPS) is 14.7. The fourth-order valence-electron chi connectivity index (χ4n) is 2.62. The van der Waals surface area contributed by atoms with Gasteiger partial charge in [-0.05, 0) is 30.3 Å². The minimum absolute atomic E-state index is 0.125. The number of nitrogens with one attached hydrogen (secondary N) is 3. The molecule has 0 saturated heterocycles. The van der Waals surface area contributed by atoms with Crippen LogP contribution in [-0.2, 0) is 14.8 Å². The van der Waals surface area contributed by atoms with Crippen molar-refractivity contribution in [1.29, 1.82) is 0 Å². The minimum Gasteiger partial charge on any atom is -0.361 e. The summed E-state index contributed by atoms with van der Waals surface area (Å²) in [7, 11) is -3.69. The molecule has 0 aliphatic carbocycles. The molecule has 9 heteroatoms. The average Bonchev–Trinajstić information content (AvgIpc) is 3.27. The molecule has 2 heterocycles. The van der Waals surface area contributed by atoms with Crippen LogP contribution in [0.4, 0.5) is 16.5 Å². The van der Waals surface area contributed by atoms with Crippen LogP contribution in [0.3, 0.4) is 0 Å². The van der Waals surface area contributed by atoms with Gasteiger partial charge in [0.05, 0.1) is 10.5 Å². The molecule has 0 fully saturated rings. The number of anilines is 3. The lowest BCUT2D eigenvalue weighted by molar-refractivity contribution is -0.110. The maximum absolute atomic E-state index is 12.3. The molecule has 0 unspecified atom stereocenters. The molecule has 4 rings (SSSR count). The Balaban J connectivity index is 1.51. The summed E-state index contributed by atoms with van der Waals surface area (Å²) in [5.41, 5.74) is 2.77. The van der Waals surface area contributed by atoms with E-state index in [0.29, 0.717) is 16.4 Å². The molecular weight excluding hydrogens is 384 g/mol. The number of benzene rings is 2. The largest absolute Gasteiger partial charge is 0.361 e. The van der Waals surface area contributed by atoms with Crippen molar-refractivity contribution in [1.82, 2.24) is 4.98 Å². The van der Waals surface area contributed by atoms with Crippen molar-refractivity contribution < 1.29 is 13.2 Å². The minimum atomic E-state index is -3.69. The highest BCUT2D eigenvalue weighted by Gasteiger charge is 2.23. The number of carbonyl (C=O) groups excluding carboxylic acids is 1. The van der Waals surface area contributed by atoms with Crippen LogP contribution in [-0.4, -0.2) is 19.3 Å². The van der Waals surface area contributed by atoms with E-state index in [9.17, 15) is 13.2 Å². The van der Waals surface area contributed by atoms with Crippen molar-refractivity contribution in [2.75, 3.05) is 15.4 Å². The summed E-state index contributed by atoms with van der Waals surface area (Å²) < 4.78 is 27.1. The predicted octanol–water partition coefficient (Wildman–Crippen LogP) is 3.35. The van der Waals surface area contributed by atoms with E-state index in [1.807, 2.05) is 24.3 Å². The van der Waals surface area contributed by atoms with Gasteiger partial charge in [0.2, 0.25) is 0 Å². The molecule has 1 aliphatic rings. The zero-order chi connectivity index (χ0) is 18.9. The Morgan fingerprint density at radius 2 is 1.85 bits per heavy atom. The van der Waals surface area contributed by atoms with Crippen LogP contribution in [0, 0.1) is 0 Å². The van der Waals surface area contributed by atoms with Crippen LogP contribution < -0.4 is 15.4 Å². The van der Waals surface area contributed by atoms with Crippen molar-refractivity contribution in [2.45, 2.75) is 4.90 Å². The van der Waals surface area contributed by atoms with Gasteiger partial charge >= 0.3 is 0 Å². The molecule has 27 heavy (non-hydrogen) atoms. The predicted molar refractivity (Wildman–Crippen MR) is 106 cm³/mol. The number of fused-ring (bicyclic) bond motifs is 1. The molecule has 0 atom stereocenters. The van der Waals surface area contributed by atoms with Crippen LogP contribution in [0.15, 0.2) is 71.2 Å². The van der Waals surface area contributed by atoms with Crippen molar-refractivity contribution in [3.05, 3.63) is 71.9 Å². The summed E-state index contributed by atoms with van der Waals surface area (Å²) in [6.45, 7) is 0. The molecular formula is C18H14N4O3S2. The molecule has 0 saturated carbocycles. The number of para-hydroxylation sites is 1. The van der Waals surface area contributed by atoms with Gasteiger partial charge < -0.3 is 10.6 Å². The first-order chi connectivity index (χ1) is 13.0. The molecule has 0 radical (unpaired) electrons. The highest BCUT2D eigenvalue weighted by molar-refractivity contribution is 7.93. The second-order valence-corrected chi connectivity index (χ2v) is 8.25. The molecule has 7 nitrogen and oxygen atoms in total. The second-order valence-electron chi connectivity index (χ2n) is 5.67. The van der Waals surface area contributed by atoms with E-state index in [0.717, 1.165) is 11.3 Å². The van der Waals surface area contributed by atoms with E-state index in [2.05, 4.69) is 20.3 Å². The first-order valence-corrected chi connectivity index (χ1v) is 10.3. The number of carbonyl (C=O) groups is 1. The quantitative estimate of drug-likeness (QED) is 0.572. The van der Waals surface area contributed by atoms with Gasteiger partial charge in [-0.15, -0.1) is 11.3 Å². The number of sulfonamides is 1. The van der Waals surface area contributed by atoms with Gasteiger partial charge in [0, 0.05) is 34.7 Å². The van der Waals surface area contributed by atoms with Gasteiger partial charge in [-0.3, -0.25) is 9.52 Å². The SMILES string of the molecule is O=C1Nc2ccccc2/C1=C/Nc1ccc(S(=O)(=O)Nc2nccs2)cc1. The highest BCUT2D eigenvalue weighted by atomic mass is 32.2. The zero-order valence-electron chi connectivity index (χ0n) is 13.8. The lowest BCUT2D eigenvalue weighted by atomic mass is 10.1. The van der Waals surface area contributed by atoms with Crippen molar-refractivity contribution in [3.63, 3.8) is 0 Å². The fraction of sp³-hybridized carbons (Fsp3) is 0. The summed E-state index contributed by atoms with van der Waals surface area (Å²) in [6, 6.07) is 13.7. The fourth-order valence-corrected chi connectivity index (χ4v) is 4.40. The molecule has 136 valence electrons. The van der Waals surface area contributed by atoms with Crippen LogP contribution in [0.25, 0.3) is 5.57 Å². The Morgan fingerprint density at radius 1 is 1.07 bits per heavy atom. The maximum atomic E-state index is 12.3. The van der Waals surface area contributed by atoms with Crippen molar-refractivity contribution >= 4 is 49.3 Å². The number of thiazole rings is 1. The first kappa shape index (κ1) is 17.3. The number of nitrogens with zero attached hydrogens (tertiary/aromatic N) is 1. The monoisotopic (exact) mass is 398 g/mol. The van der Waals surface area contributed by atoms with Gasteiger partial charge in [-0.25, -0.2) is 13.4 Å². The van der Waals surface area contributed by atoms with Gasteiger partial charge in [0.15, 0.2) is 5.13 Å². The Morgan fingerprint density at radius 3 is 2.59 bits per heavy atom. The molecule has 1 aromatic heterocycles. The highest BCUT2D eigenvalue weighted by Crippen LogP contribution is 2.31. The van der Waals surface area contributed by atoms with E-state index < -0.39 is 10.0 Å². The summed E-state index contributed by atoms with van der Waals surface area (Å²) in [6.07, 6.45) is 3.14. The molecule has 3 N–H and O–H groups in total. The Hall–Kier alpha value is -3.17. The van der Waals surface area contributed by atoms with E-state index in [4.69, 9.17) is 0 Å². The standard InChI is InChI=1S/C18H14N4O3S2/c23-17-15(14-3-1-2-4-16(14)21-17)11-20-12-5-7-13(8-6-12)27(24,25)22-18-19-9-10-26-18/h1-11,20H,(H,19,22)(H,21,23)/b15-11-. The van der Waals surface area contributed by atoms with Gasteiger partial charge in [0.25, 0.3) is 15.9 Å². The molecule has 1 amide bonds. The van der Waals surface area contributed by atoms with Gasteiger partial charge in [-0.2, -0.15) is 0 Å². The third kappa shape index (κ3) is 3.55. The Labute approximate surface area is 159 Å². The van der Waals surface area contributed by atoms with E-state index in [-0.39, 0.29) is 10.8 Å². The number of hydrogen-bond donors (Lipinski definition) is 3. The van der Waals surface area contributed by atoms with Gasteiger partial charge in [0.1, 0.15) is 0 Å². The van der Waals surface area contributed by atoms with Crippen LogP contribution in [0.1, 0.15) is 5.56 Å². The van der Waals surface area contributed by atoms with Crippen LogP contribution >= 0.6 is 11.3 Å². The Kier molecular flexibility index (Phi) is 4.38. The van der Waals surface area contributed by atoms with E-state index >= 15 is 0 Å². The number of rotatable bonds is 5. The third-order valence-electron chi connectivity index (χ3n) is 3.91. The van der Waals surface area contributed by atoms with Crippen LogP contribution in [0.5, 0.6) is 0 Å². The van der Waals surface area contributed by atoms with Crippen molar-refractivity contribution in [2.24, 2.45) is 0 Å².